The zero-order valence-electron chi connectivity index (χ0n) is 6.36. The smallest absolute Gasteiger partial charge is 0.181 e. The Balaban J connectivity index is 0.000000720. The van der Waals surface area contributed by atoms with Gasteiger partial charge >= 0.3 is 0 Å². The first-order chi connectivity index (χ1) is 5.42. The molecule has 2 rings (SSSR count). The van der Waals surface area contributed by atoms with Crippen LogP contribution in [0.4, 0.5) is 0 Å². The van der Waals surface area contributed by atoms with Crippen LogP contribution < -0.4 is 5.73 Å². The summed E-state index contributed by atoms with van der Waals surface area (Å²) in [6.45, 7) is 0.504. The van der Waals surface area contributed by atoms with Crippen molar-refractivity contribution in [1.82, 2.24) is 4.98 Å². The SMILES string of the molecule is Cl.NCc1cccc2ocnc12. The van der Waals surface area contributed by atoms with Crippen molar-refractivity contribution in [3.63, 3.8) is 0 Å². The fourth-order valence-corrected chi connectivity index (χ4v) is 1.11. The van der Waals surface area contributed by atoms with Crippen LogP contribution in [0.15, 0.2) is 29.0 Å². The van der Waals surface area contributed by atoms with E-state index in [0.717, 1.165) is 16.7 Å². The number of aromatic nitrogens is 1. The molecule has 0 unspecified atom stereocenters. The van der Waals surface area contributed by atoms with Crippen LogP contribution in [0.25, 0.3) is 11.1 Å². The molecule has 0 saturated carbocycles. The Bertz CT molecular complexity index is 372. The minimum atomic E-state index is 0. The fourth-order valence-electron chi connectivity index (χ4n) is 1.11. The van der Waals surface area contributed by atoms with Gasteiger partial charge in [-0.05, 0) is 11.6 Å². The number of rotatable bonds is 1. The van der Waals surface area contributed by atoms with Crippen LogP contribution in [0, 0.1) is 0 Å². The second-order valence-electron chi connectivity index (χ2n) is 2.32. The third kappa shape index (κ3) is 1.29. The number of nitrogens with zero attached hydrogens (tertiary/aromatic N) is 1. The van der Waals surface area contributed by atoms with E-state index in [2.05, 4.69) is 4.98 Å². The molecule has 0 spiro atoms. The van der Waals surface area contributed by atoms with E-state index in [4.69, 9.17) is 10.2 Å². The third-order valence-corrected chi connectivity index (χ3v) is 1.66. The van der Waals surface area contributed by atoms with Gasteiger partial charge < -0.3 is 10.2 Å². The first-order valence-corrected chi connectivity index (χ1v) is 3.43. The van der Waals surface area contributed by atoms with Gasteiger partial charge in [-0.15, -0.1) is 12.4 Å². The van der Waals surface area contributed by atoms with Gasteiger partial charge in [0, 0.05) is 6.54 Å². The van der Waals surface area contributed by atoms with Gasteiger partial charge in [-0.25, -0.2) is 4.98 Å². The molecule has 0 atom stereocenters. The molecule has 0 saturated heterocycles. The summed E-state index contributed by atoms with van der Waals surface area (Å²) >= 11 is 0. The van der Waals surface area contributed by atoms with E-state index in [9.17, 15) is 0 Å². The minimum absolute atomic E-state index is 0. The quantitative estimate of drug-likeness (QED) is 0.734. The summed E-state index contributed by atoms with van der Waals surface area (Å²) in [6.07, 6.45) is 1.43. The van der Waals surface area contributed by atoms with Crippen LogP contribution in [-0.2, 0) is 6.54 Å². The summed E-state index contributed by atoms with van der Waals surface area (Å²) in [5, 5.41) is 0. The van der Waals surface area contributed by atoms with Gasteiger partial charge in [0.05, 0.1) is 0 Å². The predicted octanol–water partition coefficient (Wildman–Crippen LogP) is 1.71. The highest BCUT2D eigenvalue weighted by Gasteiger charge is 2.01. The van der Waals surface area contributed by atoms with Gasteiger partial charge in [-0.2, -0.15) is 0 Å². The number of hydrogen-bond donors (Lipinski definition) is 1. The summed E-state index contributed by atoms with van der Waals surface area (Å²) < 4.78 is 5.09. The average molecular weight is 185 g/mol. The van der Waals surface area contributed by atoms with Crippen molar-refractivity contribution in [3.8, 4) is 0 Å². The Morgan fingerprint density at radius 3 is 3.00 bits per heavy atom. The molecule has 0 aliphatic heterocycles. The minimum Gasteiger partial charge on any atom is -0.443 e. The van der Waals surface area contributed by atoms with Crippen LogP contribution >= 0.6 is 12.4 Å². The monoisotopic (exact) mass is 184 g/mol. The van der Waals surface area contributed by atoms with Gasteiger partial charge in [0.2, 0.25) is 0 Å². The number of oxazole rings is 1. The number of para-hydroxylation sites is 1. The highest BCUT2D eigenvalue weighted by molar-refractivity contribution is 5.85. The fraction of sp³-hybridized carbons (Fsp3) is 0.125. The van der Waals surface area contributed by atoms with Gasteiger partial charge in [-0.1, -0.05) is 12.1 Å². The number of hydrogen-bond acceptors (Lipinski definition) is 3. The molecule has 1 aromatic heterocycles. The van der Waals surface area contributed by atoms with Gasteiger partial charge in [0.1, 0.15) is 5.52 Å². The molecule has 0 aliphatic rings. The Hall–Kier alpha value is -1.06. The molecule has 2 N–H and O–H groups in total. The maximum atomic E-state index is 5.49. The zero-order chi connectivity index (χ0) is 7.68. The van der Waals surface area contributed by atoms with Crippen LogP contribution in [0.3, 0.4) is 0 Å². The molecular weight excluding hydrogens is 176 g/mol. The Kier molecular flexibility index (Phi) is 2.68. The zero-order valence-corrected chi connectivity index (χ0v) is 7.17. The second-order valence-corrected chi connectivity index (χ2v) is 2.32. The molecular formula is C8H9ClN2O. The van der Waals surface area contributed by atoms with Crippen LogP contribution in [0.5, 0.6) is 0 Å². The van der Waals surface area contributed by atoms with E-state index in [-0.39, 0.29) is 12.4 Å². The van der Waals surface area contributed by atoms with E-state index in [1.165, 1.54) is 6.39 Å². The molecule has 0 fully saturated rings. The van der Waals surface area contributed by atoms with E-state index < -0.39 is 0 Å². The first kappa shape index (κ1) is 9.03. The van der Waals surface area contributed by atoms with Crippen molar-refractivity contribution in [2.75, 3.05) is 0 Å². The van der Waals surface area contributed by atoms with Crippen LogP contribution in [-0.4, -0.2) is 4.98 Å². The average Bonchev–Trinajstić information content (AvgIpc) is 2.50. The molecule has 4 heteroatoms. The largest absolute Gasteiger partial charge is 0.443 e. The highest BCUT2D eigenvalue weighted by Crippen LogP contribution is 2.15. The molecule has 2 aromatic rings. The van der Waals surface area contributed by atoms with Gasteiger partial charge in [0.25, 0.3) is 0 Å². The summed E-state index contributed by atoms with van der Waals surface area (Å²) in [7, 11) is 0. The summed E-state index contributed by atoms with van der Waals surface area (Å²) in [6, 6.07) is 5.74. The number of fused-ring (bicyclic) bond motifs is 1. The van der Waals surface area contributed by atoms with E-state index in [1.807, 2.05) is 18.2 Å². The summed E-state index contributed by atoms with van der Waals surface area (Å²) in [5.74, 6) is 0. The van der Waals surface area contributed by atoms with E-state index >= 15 is 0 Å². The molecule has 12 heavy (non-hydrogen) atoms. The van der Waals surface area contributed by atoms with E-state index in [1.54, 1.807) is 0 Å². The Labute approximate surface area is 76.0 Å². The molecule has 1 aromatic carbocycles. The second kappa shape index (κ2) is 3.56. The molecule has 0 radical (unpaired) electrons. The van der Waals surface area contributed by atoms with Crippen molar-refractivity contribution in [1.29, 1.82) is 0 Å². The van der Waals surface area contributed by atoms with Crippen LogP contribution in [0.2, 0.25) is 0 Å². The van der Waals surface area contributed by atoms with Crippen molar-refractivity contribution in [2.45, 2.75) is 6.54 Å². The van der Waals surface area contributed by atoms with E-state index in [0.29, 0.717) is 6.54 Å². The maximum absolute atomic E-state index is 5.49. The summed E-state index contributed by atoms with van der Waals surface area (Å²) in [4.78, 5) is 4.04. The molecule has 1 heterocycles. The highest BCUT2D eigenvalue weighted by atomic mass is 35.5. The predicted molar refractivity (Wildman–Crippen MR) is 49.1 cm³/mol. The molecule has 0 aliphatic carbocycles. The third-order valence-electron chi connectivity index (χ3n) is 1.66. The number of halogens is 1. The Morgan fingerprint density at radius 2 is 2.25 bits per heavy atom. The standard InChI is InChI=1S/C8H8N2O.ClH/c9-4-6-2-1-3-7-8(6)10-5-11-7;/h1-3,5H,4,9H2;1H. The number of benzene rings is 1. The van der Waals surface area contributed by atoms with Crippen molar-refractivity contribution >= 4 is 23.5 Å². The normalized spacial score (nSPS) is 9.75. The number of nitrogens with two attached hydrogens (primary N) is 1. The lowest BCUT2D eigenvalue weighted by molar-refractivity contribution is 0.602. The molecule has 3 nitrogen and oxygen atoms in total. The topological polar surface area (TPSA) is 52.0 Å². The van der Waals surface area contributed by atoms with Crippen LogP contribution in [0.1, 0.15) is 5.56 Å². The molecule has 0 amide bonds. The lowest BCUT2D eigenvalue weighted by atomic mass is 10.2. The van der Waals surface area contributed by atoms with Crippen molar-refractivity contribution < 1.29 is 4.42 Å². The lowest BCUT2D eigenvalue weighted by Gasteiger charge is -1.94. The first-order valence-electron chi connectivity index (χ1n) is 3.43. The van der Waals surface area contributed by atoms with Gasteiger partial charge in [0.15, 0.2) is 12.0 Å². The molecule has 0 bridgehead atoms. The lowest BCUT2D eigenvalue weighted by Crippen LogP contribution is -1.96. The molecule has 64 valence electrons. The maximum Gasteiger partial charge on any atom is 0.181 e. The Morgan fingerprint density at radius 1 is 1.42 bits per heavy atom. The summed E-state index contributed by atoms with van der Waals surface area (Å²) in [5.41, 5.74) is 8.19. The van der Waals surface area contributed by atoms with Gasteiger partial charge in [-0.3, -0.25) is 0 Å². The van der Waals surface area contributed by atoms with Crippen molar-refractivity contribution in [2.24, 2.45) is 5.73 Å². The van der Waals surface area contributed by atoms with Crippen molar-refractivity contribution in [3.05, 3.63) is 30.2 Å².